The number of carboxylic acids is 1. The average molecular weight is 317 g/mol. The number of hydrogen-bond donors (Lipinski definition) is 2. The number of para-hydroxylation sites is 1. The van der Waals surface area contributed by atoms with Crippen molar-refractivity contribution in [2.24, 2.45) is 0 Å². The summed E-state index contributed by atoms with van der Waals surface area (Å²) in [6.45, 7) is 2.48. The van der Waals surface area contributed by atoms with Crippen molar-refractivity contribution >= 4 is 11.9 Å². The summed E-state index contributed by atoms with van der Waals surface area (Å²) in [5.41, 5.74) is 0.950. The molecule has 0 aliphatic rings. The summed E-state index contributed by atoms with van der Waals surface area (Å²) in [7, 11) is 0. The summed E-state index contributed by atoms with van der Waals surface area (Å²) >= 11 is 0. The van der Waals surface area contributed by atoms with Gasteiger partial charge in [-0.15, -0.1) is 0 Å². The van der Waals surface area contributed by atoms with E-state index in [1.165, 1.54) is 0 Å². The number of amides is 1. The third kappa shape index (κ3) is 4.57. The quantitative estimate of drug-likeness (QED) is 0.775. The van der Waals surface area contributed by atoms with Gasteiger partial charge in [0.2, 0.25) is 0 Å². The predicted octanol–water partition coefficient (Wildman–Crippen LogP) is 1.87. The van der Waals surface area contributed by atoms with Crippen LogP contribution in [0.15, 0.2) is 36.5 Å². The van der Waals surface area contributed by atoms with E-state index in [9.17, 15) is 9.59 Å². The van der Waals surface area contributed by atoms with Crippen LogP contribution in [-0.2, 0) is 4.79 Å². The zero-order chi connectivity index (χ0) is 16.7. The van der Waals surface area contributed by atoms with Crippen LogP contribution in [0.5, 0.6) is 5.75 Å². The summed E-state index contributed by atoms with van der Waals surface area (Å²) in [5.74, 6) is -1.04. The molecular formula is C16H19N3O4. The Kier molecular flexibility index (Phi) is 5.74. The molecule has 1 aromatic carbocycles. The van der Waals surface area contributed by atoms with E-state index in [0.717, 1.165) is 12.1 Å². The highest BCUT2D eigenvalue weighted by Gasteiger charge is 2.18. The first kappa shape index (κ1) is 16.5. The van der Waals surface area contributed by atoms with Crippen molar-refractivity contribution in [2.45, 2.75) is 19.8 Å². The van der Waals surface area contributed by atoms with E-state index in [0.29, 0.717) is 12.4 Å². The largest absolute Gasteiger partial charge is 0.489 e. The van der Waals surface area contributed by atoms with E-state index in [1.807, 2.05) is 37.3 Å². The van der Waals surface area contributed by atoms with Gasteiger partial charge in [0.1, 0.15) is 0 Å². The number of aromatic nitrogens is 2. The molecule has 7 nitrogen and oxygen atoms in total. The highest BCUT2D eigenvalue weighted by atomic mass is 16.5. The summed E-state index contributed by atoms with van der Waals surface area (Å²) in [6, 6.07) is 9.36. The molecule has 0 saturated heterocycles. The fraction of sp³-hybridized carbons (Fsp3) is 0.312. The normalized spacial score (nSPS) is 10.3. The molecule has 0 saturated carbocycles. The van der Waals surface area contributed by atoms with Gasteiger partial charge in [-0.25, -0.2) is 4.68 Å². The van der Waals surface area contributed by atoms with Crippen molar-refractivity contribution in [3.05, 3.63) is 42.2 Å². The maximum atomic E-state index is 12.2. The van der Waals surface area contributed by atoms with Gasteiger partial charge in [-0.1, -0.05) is 25.1 Å². The highest BCUT2D eigenvalue weighted by Crippen LogP contribution is 2.20. The molecule has 0 radical (unpaired) electrons. The fourth-order valence-electron chi connectivity index (χ4n) is 1.91. The Morgan fingerprint density at radius 3 is 2.70 bits per heavy atom. The smallest absolute Gasteiger partial charge is 0.305 e. The second kappa shape index (κ2) is 7.98. The lowest BCUT2D eigenvalue weighted by atomic mass is 10.3. The predicted molar refractivity (Wildman–Crippen MR) is 83.9 cm³/mol. The molecule has 2 rings (SSSR count). The Hall–Kier alpha value is -2.83. The molecule has 0 aliphatic carbocycles. The highest BCUT2D eigenvalue weighted by molar-refractivity contribution is 5.95. The number of carbonyl (C=O) groups excluding carboxylic acids is 1. The van der Waals surface area contributed by atoms with Crippen LogP contribution >= 0.6 is 0 Å². The summed E-state index contributed by atoms with van der Waals surface area (Å²) in [5, 5.41) is 15.4. The number of carboxylic acid groups (broad SMARTS) is 1. The molecule has 122 valence electrons. The summed E-state index contributed by atoms with van der Waals surface area (Å²) in [4.78, 5) is 22.7. The minimum Gasteiger partial charge on any atom is -0.489 e. The maximum absolute atomic E-state index is 12.2. The van der Waals surface area contributed by atoms with Crippen molar-refractivity contribution < 1.29 is 19.4 Å². The van der Waals surface area contributed by atoms with Crippen molar-refractivity contribution in [1.29, 1.82) is 0 Å². The van der Waals surface area contributed by atoms with Crippen LogP contribution in [0, 0.1) is 0 Å². The van der Waals surface area contributed by atoms with Gasteiger partial charge in [-0.3, -0.25) is 9.59 Å². The van der Waals surface area contributed by atoms with E-state index in [4.69, 9.17) is 9.84 Å². The van der Waals surface area contributed by atoms with Crippen LogP contribution in [0.4, 0.5) is 0 Å². The lowest BCUT2D eigenvalue weighted by Crippen LogP contribution is -2.27. The molecule has 1 heterocycles. The summed E-state index contributed by atoms with van der Waals surface area (Å²) in [6.07, 6.45) is 2.31. The van der Waals surface area contributed by atoms with Gasteiger partial charge in [-0.2, -0.15) is 5.10 Å². The minimum atomic E-state index is -0.970. The van der Waals surface area contributed by atoms with Gasteiger partial charge in [0.15, 0.2) is 11.4 Å². The van der Waals surface area contributed by atoms with E-state index in [1.54, 1.807) is 10.9 Å². The second-order valence-electron chi connectivity index (χ2n) is 4.87. The monoisotopic (exact) mass is 317 g/mol. The number of hydrogen-bond acceptors (Lipinski definition) is 4. The molecule has 0 atom stereocenters. The third-order valence-electron chi connectivity index (χ3n) is 3.00. The van der Waals surface area contributed by atoms with Crippen molar-refractivity contribution in [2.75, 3.05) is 13.2 Å². The van der Waals surface area contributed by atoms with Crippen molar-refractivity contribution in [1.82, 2.24) is 15.1 Å². The maximum Gasteiger partial charge on any atom is 0.305 e. The summed E-state index contributed by atoms with van der Waals surface area (Å²) < 4.78 is 7.14. The average Bonchev–Trinajstić information content (AvgIpc) is 2.97. The van der Waals surface area contributed by atoms with Crippen LogP contribution in [0.3, 0.4) is 0 Å². The topological polar surface area (TPSA) is 93.5 Å². The number of carbonyl (C=O) groups is 2. The molecule has 0 unspecified atom stereocenters. The zero-order valence-electron chi connectivity index (χ0n) is 12.9. The molecule has 2 N–H and O–H groups in total. The van der Waals surface area contributed by atoms with E-state index < -0.39 is 11.9 Å². The molecule has 0 spiro atoms. The van der Waals surface area contributed by atoms with E-state index in [-0.39, 0.29) is 18.7 Å². The third-order valence-corrected chi connectivity index (χ3v) is 3.00. The molecule has 7 heteroatoms. The molecule has 1 amide bonds. The molecule has 0 aliphatic heterocycles. The second-order valence-corrected chi connectivity index (χ2v) is 4.87. The van der Waals surface area contributed by atoms with Gasteiger partial charge < -0.3 is 15.2 Å². The van der Waals surface area contributed by atoms with Crippen LogP contribution in [0.2, 0.25) is 0 Å². The molecule has 1 aromatic heterocycles. The number of aliphatic carboxylic acids is 1. The van der Waals surface area contributed by atoms with Crippen LogP contribution in [0.1, 0.15) is 30.3 Å². The molecule has 0 fully saturated rings. The van der Waals surface area contributed by atoms with Crippen molar-refractivity contribution in [3.8, 4) is 11.4 Å². The van der Waals surface area contributed by atoms with Gasteiger partial charge in [-0.05, 0) is 18.6 Å². The fourth-order valence-corrected chi connectivity index (χ4v) is 1.91. The lowest BCUT2D eigenvalue weighted by molar-refractivity contribution is -0.136. The van der Waals surface area contributed by atoms with Gasteiger partial charge in [0, 0.05) is 6.54 Å². The van der Waals surface area contributed by atoms with E-state index in [2.05, 4.69) is 10.4 Å². The number of rotatable bonds is 8. The Labute approximate surface area is 133 Å². The molecule has 0 bridgehead atoms. The minimum absolute atomic E-state index is 0.0413. The van der Waals surface area contributed by atoms with Crippen LogP contribution in [0.25, 0.3) is 5.69 Å². The van der Waals surface area contributed by atoms with Gasteiger partial charge >= 0.3 is 5.97 Å². The SMILES string of the molecule is CCCOc1cn(-c2ccccc2)nc1C(=O)NCCC(=O)O. The zero-order valence-corrected chi connectivity index (χ0v) is 12.9. The van der Waals surface area contributed by atoms with Gasteiger partial charge in [0.25, 0.3) is 5.91 Å². The Bertz CT molecular complexity index is 667. The van der Waals surface area contributed by atoms with Crippen molar-refractivity contribution in [3.63, 3.8) is 0 Å². The number of benzene rings is 1. The standard InChI is InChI=1S/C16H19N3O4/c1-2-10-23-13-11-19(12-6-4-3-5-7-12)18-15(13)16(22)17-9-8-14(20)21/h3-7,11H,2,8-10H2,1H3,(H,17,22)(H,20,21). The molecule has 2 aromatic rings. The lowest BCUT2D eigenvalue weighted by Gasteiger charge is -2.04. The Morgan fingerprint density at radius 1 is 1.30 bits per heavy atom. The first-order chi connectivity index (χ1) is 11.1. The number of ether oxygens (including phenoxy) is 1. The first-order valence-corrected chi connectivity index (χ1v) is 7.39. The number of nitrogens with one attached hydrogen (secondary N) is 1. The van der Waals surface area contributed by atoms with Crippen LogP contribution in [-0.4, -0.2) is 39.9 Å². The Morgan fingerprint density at radius 2 is 2.04 bits per heavy atom. The van der Waals surface area contributed by atoms with Gasteiger partial charge in [0.05, 0.1) is 24.9 Å². The number of nitrogens with zero attached hydrogens (tertiary/aromatic N) is 2. The van der Waals surface area contributed by atoms with Crippen LogP contribution < -0.4 is 10.1 Å². The first-order valence-electron chi connectivity index (χ1n) is 7.39. The van der Waals surface area contributed by atoms with E-state index >= 15 is 0 Å². The molecule has 23 heavy (non-hydrogen) atoms. The molecular weight excluding hydrogens is 298 g/mol. The Balaban J connectivity index is 2.20.